The highest BCUT2D eigenvalue weighted by molar-refractivity contribution is 6.29. The summed E-state index contributed by atoms with van der Waals surface area (Å²) in [7, 11) is 0. The molecule has 0 radical (unpaired) electrons. The predicted octanol–water partition coefficient (Wildman–Crippen LogP) is 1.16. The lowest BCUT2D eigenvalue weighted by molar-refractivity contribution is -0.143. The van der Waals surface area contributed by atoms with Gasteiger partial charge in [0.25, 0.3) is 0 Å². The van der Waals surface area contributed by atoms with Crippen LogP contribution in [-0.4, -0.2) is 48.3 Å². The van der Waals surface area contributed by atoms with Crippen molar-refractivity contribution in [3.05, 3.63) is 11.6 Å². The molecule has 2 unspecified atom stereocenters. The van der Waals surface area contributed by atoms with Gasteiger partial charge in [0.05, 0.1) is 19.1 Å². The zero-order chi connectivity index (χ0) is 11.4. The van der Waals surface area contributed by atoms with E-state index in [9.17, 15) is 4.79 Å². The maximum absolute atomic E-state index is 11.0. The molecule has 1 aliphatic heterocycles. The van der Waals surface area contributed by atoms with Gasteiger partial charge in [-0.25, -0.2) is 0 Å². The first-order valence-corrected chi connectivity index (χ1v) is 5.32. The fourth-order valence-electron chi connectivity index (χ4n) is 1.82. The Bertz CT molecular complexity index is 257. The summed E-state index contributed by atoms with van der Waals surface area (Å²) in [6.07, 6.45) is 0. The first-order chi connectivity index (χ1) is 7.06. The third kappa shape index (κ3) is 3.19. The van der Waals surface area contributed by atoms with Crippen LogP contribution in [-0.2, 0) is 9.53 Å². The molecule has 0 bridgehead atoms. The molecule has 4 nitrogen and oxygen atoms in total. The first-order valence-electron chi connectivity index (χ1n) is 4.94. The SMILES string of the molecule is C=C(Cl)CN(CC)C1COCC1C(=O)O. The van der Waals surface area contributed by atoms with E-state index in [0.29, 0.717) is 18.2 Å². The minimum Gasteiger partial charge on any atom is -0.481 e. The fourth-order valence-corrected chi connectivity index (χ4v) is 1.98. The molecular weight excluding hydrogens is 218 g/mol. The van der Waals surface area contributed by atoms with Gasteiger partial charge < -0.3 is 9.84 Å². The van der Waals surface area contributed by atoms with Crippen molar-refractivity contribution in [3.63, 3.8) is 0 Å². The summed E-state index contributed by atoms with van der Waals surface area (Å²) < 4.78 is 5.20. The van der Waals surface area contributed by atoms with E-state index in [2.05, 4.69) is 6.58 Å². The first kappa shape index (κ1) is 12.5. The Balaban J connectivity index is 2.66. The van der Waals surface area contributed by atoms with Gasteiger partial charge in [-0.15, -0.1) is 0 Å². The summed E-state index contributed by atoms with van der Waals surface area (Å²) >= 11 is 5.73. The third-order valence-corrected chi connectivity index (χ3v) is 2.74. The van der Waals surface area contributed by atoms with Gasteiger partial charge in [0.2, 0.25) is 0 Å². The van der Waals surface area contributed by atoms with Gasteiger partial charge in [0.15, 0.2) is 0 Å². The van der Waals surface area contributed by atoms with Gasteiger partial charge in [0.1, 0.15) is 0 Å². The van der Waals surface area contributed by atoms with Crippen molar-refractivity contribution >= 4 is 17.6 Å². The molecule has 1 heterocycles. The zero-order valence-corrected chi connectivity index (χ0v) is 9.54. The van der Waals surface area contributed by atoms with E-state index >= 15 is 0 Å². The Hall–Kier alpha value is -0.580. The summed E-state index contributed by atoms with van der Waals surface area (Å²) in [5, 5.41) is 9.52. The van der Waals surface area contributed by atoms with E-state index < -0.39 is 11.9 Å². The average molecular weight is 234 g/mol. The lowest BCUT2D eigenvalue weighted by Gasteiger charge is -2.28. The molecule has 0 saturated carbocycles. The van der Waals surface area contributed by atoms with Crippen LogP contribution in [0.15, 0.2) is 11.6 Å². The molecule has 1 fully saturated rings. The number of hydrogen-bond donors (Lipinski definition) is 1. The molecule has 0 amide bonds. The summed E-state index contributed by atoms with van der Waals surface area (Å²) in [6, 6.07) is -0.0944. The van der Waals surface area contributed by atoms with Crippen molar-refractivity contribution in [2.45, 2.75) is 13.0 Å². The van der Waals surface area contributed by atoms with Crippen LogP contribution in [0.1, 0.15) is 6.92 Å². The summed E-state index contributed by atoms with van der Waals surface area (Å²) in [4.78, 5) is 12.9. The van der Waals surface area contributed by atoms with Crippen molar-refractivity contribution in [2.24, 2.45) is 5.92 Å². The lowest BCUT2D eigenvalue weighted by atomic mass is 10.0. The normalized spacial score (nSPS) is 25.8. The van der Waals surface area contributed by atoms with Crippen molar-refractivity contribution < 1.29 is 14.6 Å². The van der Waals surface area contributed by atoms with Crippen molar-refractivity contribution in [2.75, 3.05) is 26.3 Å². The van der Waals surface area contributed by atoms with Crippen molar-refractivity contribution in [1.29, 1.82) is 0 Å². The predicted molar refractivity (Wildman–Crippen MR) is 58.0 cm³/mol. The van der Waals surface area contributed by atoms with E-state index in [-0.39, 0.29) is 12.6 Å². The number of rotatable bonds is 5. The molecule has 0 aliphatic carbocycles. The quantitative estimate of drug-likeness (QED) is 0.774. The van der Waals surface area contributed by atoms with Gasteiger partial charge in [0, 0.05) is 17.6 Å². The standard InChI is InChI=1S/C10H16ClNO3/c1-3-12(4-7(2)11)9-6-15-5-8(9)10(13)14/h8-9H,2-6H2,1H3,(H,13,14). The summed E-state index contributed by atoms with van der Waals surface area (Å²) in [6.45, 7) is 7.57. The van der Waals surface area contributed by atoms with Crippen LogP contribution in [0.3, 0.4) is 0 Å². The highest BCUT2D eigenvalue weighted by Crippen LogP contribution is 2.21. The molecule has 2 atom stereocenters. The monoisotopic (exact) mass is 233 g/mol. The molecule has 5 heteroatoms. The van der Waals surface area contributed by atoms with Gasteiger partial charge in [-0.2, -0.15) is 0 Å². The number of carbonyl (C=O) groups is 1. The Morgan fingerprint density at radius 3 is 2.80 bits per heavy atom. The molecule has 0 aromatic carbocycles. The second-order valence-corrected chi connectivity index (χ2v) is 4.16. The van der Waals surface area contributed by atoms with E-state index in [1.807, 2.05) is 11.8 Å². The molecule has 1 saturated heterocycles. The largest absolute Gasteiger partial charge is 0.481 e. The van der Waals surface area contributed by atoms with Crippen molar-refractivity contribution in [3.8, 4) is 0 Å². The van der Waals surface area contributed by atoms with Crippen LogP contribution >= 0.6 is 11.6 Å². The summed E-state index contributed by atoms with van der Waals surface area (Å²) in [5.41, 5.74) is 0. The van der Waals surface area contributed by atoms with Crippen LogP contribution in [0.5, 0.6) is 0 Å². The Kier molecular flexibility index (Phi) is 4.57. The van der Waals surface area contributed by atoms with E-state index in [1.54, 1.807) is 0 Å². The minimum absolute atomic E-state index is 0.0944. The highest BCUT2D eigenvalue weighted by Gasteiger charge is 2.37. The molecular formula is C10H16ClNO3. The lowest BCUT2D eigenvalue weighted by Crippen LogP contribution is -2.43. The third-order valence-electron chi connectivity index (χ3n) is 2.62. The number of hydrogen-bond acceptors (Lipinski definition) is 3. The molecule has 15 heavy (non-hydrogen) atoms. The maximum Gasteiger partial charge on any atom is 0.310 e. The highest BCUT2D eigenvalue weighted by atomic mass is 35.5. The molecule has 0 aromatic heterocycles. The number of halogens is 1. The molecule has 1 rings (SSSR count). The van der Waals surface area contributed by atoms with Gasteiger partial charge in [-0.3, -0.25) is 9.69 Å². The summed E-state index contributed by atoms with van der Waals surface area (Å²) in [5.74, 6) is -1.27. The van der Waals surface area contributed by atoms with Gasteiger partial charge in [-0.1, -0.05) is 25.1 Å². The molecule has 1 N–H and O–H groups in total. The Morgan fingerprint density at radius 2 is 2.33 bits per heavy atom. The topological polar surface area (TPSA) is 49.8 Å². The second kappa shape index (κ2) is 5.49. The van der Waals surface area contributed by atoms with Gasteiger partial charge in [-0.05, 0) is 6.54 Å². The van der Waals surface area contributed by atoms with Crippen LogP contribution in [0.2, 0.25) is 0 Å². The van der Waals surface area contributed by atoms with Gasteiger partial charge >= 0.3 is 5.97 Å². The van der Waals surface area contributed by atoms with Crippen LogP contribution < -0.4 is 0 Å². The molecule has 1 aliphatic rings. The zero-order valence-electron chi connectivity index (χ0n) is 8.78. The molecule has 0 spiro atoms. The fraction of sp³-hybridized carbons (Fsp3) is 0.700. The number of nitrogens with zero attached hydrogens (tertiary/aromatic N) is 1. The number of likely N-dealkylation sites (N-methyl/N-ethyl adjacent to an activating group) is 1. The number of aliphatic carboxylic acids is 1. The Morgan fingerprint density at radius 1 is 1.67 bits per heavy atom. The van der Waals surface area contributed by atoms with Crippen LogP contribution in [0.25, 0.3) is 0 Å². The average Bonchev–Trinajstić information content (AvgIpc) is 2.62. The number of carboxylic acid groups (broad SMARTS) is 1. The van der Waals surface area contributed by atoms with Crippen LogP contribution in [0.4, 0.5) is 0 Å². The van der Waals surface area contributed by atoms with E-state index in [1.165, 1.54) is 0 Å². The number of ether oxygens (including phenoxy) is 1. The molecule has 0 aromatic rings. The smallest absolute Gasteiger partial charge is 0.310 e. The molecule has 86 valence electrons. The Labute approximate surface area is 94.5 Å². The maximum atomic E-state index is 11.0. The number of carboxylic acids is 1. The van der Waals surface area contributed by atoms with Crippen molar-refractivity contribution in [1.82, 2.24) is 4.90 Å². The minimum atomic E-state index is -0.809. The van der Waals surface area contributed by atoms with E-state index in [0.717, 1.165) is 6.54 Å². The second-order valence-electron chi connectivity index (χ2n) is 3.63. The van der Waals surface area contributed by atoms with E-state index in [4.69, 9.17) is 21.4 Å². The van der Waals surface area contributed by atoms with Crippen LogP contribution in [0, 0.1) is 5.92 Å².